The van der Waals surface area contributed by atoms with Crippen molar-refractivity contribution in [2.75, 3.05) is 25.2 Å². The van der Waals surface area contributed by atoms with Crippen LogP contribution in [0.5, 0.6) is 0 Å². The average Bonchev–Trinajstić information content (AvgIpc) is 2.44. The Balaban J connectivity index is 2.43. The van der Waals surface area contributed by atoms with E-state index in [4.69, 9.17) is 5.11 Å². The van der Waals surface area contributed by atoms with Gasteiger partial charge in [0.15, 0.2) is 0 Å². The van der Waals surface area contributed by atoms with E-state index >= 15 is 0 Å². The largest absolute Gasteiger partial charge is 0.396 e. The smallest absolute Gasteiger partial charge is 0.240 e. The maximum Gasteiger partial charge on any atom is 0.240 e. The van der Waals surface area contributed by atoms with E-state index in [9.17, 15) is 8.42 Å². The van der Waals surface area contributed by atoms with Gasteiger partial charge in [-0.3, -0.25) is 0 Å². The van der Waals surface area contributed by atoms with Gasteiger partial charge in [-0.1, -0.05) is 18.6 Å². The molecule has 1 aromatic carbocycles. The minimum atomic E-state index is -3.40. The Morgan fingerprint density at radius 1 is 1.15 bits per heavy atom. The van der Waals surface area contributed by atoms with Gasteiger partial charge in [0, 0.05) is 13.2 Å². The molecule has 4 nitrogen and oxygen atoms in total. The summed E-state index contributed by atoms with van der Waals surface area (Å²) in [6.45, 7) is 0.551. The highest BCUT2D eigenvalue weighted by atomic mass is 32.2. The Kier molecular flexibility index (Phi) is 8.21. The molecule has 0 spiro atoms. The zero-order valence-corrected chi connectivity index (χ0v) is 13.5. The molecule has 0 aliphatic carbocycles. The highest BCUT2D eigenvalue weighted by Crippen LogP contribution is 2.11. The molecule has 0 atom stereocenters. The Morgan fingerprint density at radius 2 is 1.85 bits per heavy atom. The van der Waals surface area contributed by atoms with Crippen molar-refractivity contribution >= 4 is 21.8 Å². The molecule has 0 aliphatic rings. The van der Waals surface area contributed by atoms with Gasteiger partial charge in [-0.2, -0.15) is 11.8 Å². The number of hydrogen-bond acceptors (Lipinski definition) is 4. The van der Waals surface area contributed by atoms with Crippen molar-refractivity contribution in [2.24, 2.45) is 0 Å². The predicted molar refractivity (Wildman–Crippen MR) is 84.7 cm³/mol. The van der Waals surface area contributed by atoms with Crippen molar-refractivity contribution in [1.82, 2.24) is 4.72 Å². The fourth-order valence-corrected chi connectivity index (χ4v) is 3.37. The van der Waals surface area contributed by atoms with Gasteiger partial charge in [0.25, 0.3) is 0 Å². The van der Waals surface area contributed by atoms with Crippen molar-refractivity contribution in [3.05, 3.63) is 29.8 Å². The maximum atomic E-state index is 12.0. The molecular weight excluding hydrogens is 294 g/mol. The number of rotatable bonds is 10. The summed E-state index contributed by atoms with van der Waals surface area (Å²) in [6, 6.07) is 6.65. The van der Waals surface area contributed by atoms with Crippen LogP contribution in [0.3, 0.4) is 0 Å². The quantitative estimate of drug-likeness (QED) is 0.648. The van der Waals surface area contributed by atoms with Crippen LogP contribution < -0.4 is 4.72 Å². The Hall–Kier alpha value is -0.560. The number of benzene rings is 1. The molecule has 0 radical (unpaired) electrons. The standard InChI is InChI=1S/C14H23NO3S2/c1-19-12-4-2-3-10-15-20(17,18)14-7-5-13(6-8-14)9-11-16/h5-8,15-16H,2-4,9-12H2,1H3. The van der Waals surface area contributed by atoms with E-state index in [0.29, 0.717) is 13.0 Å². The van der Waals surface area contributed by atoms with Gasteiger partial charge in [0.05, 0.1) is 4.90 Å². The molecule has 0 unspecified atom stereocenters. The van der Waals surface area contributed by atoms with Gasteiger partial charge in [0.1, 0.15) is 0 Å². The number of nitrogens with one attached hydrogen (secondary N) is 1. The van der Waals surface area contributed by atoms with E-state index in [0.717, 1.165) is 30.6 Å². The lowest BCUT2D eigenvalue weighted by atomic mass is 10.2. The van der Waals surface area contributed by atoms with Crippen molar-refractivity contribution in [3.8, 4) is 0 Å². The van der Waals surface area contributed by atoms with Crippen LogP contribution in [-0.2, 0) is 16.4 Å². The van der Waals surface area contributed by atoms with E-state index in [1.807, 2.05) is 11.8 Å². The van der Waals surface area contributed by atoms with E-state index in [1.54, 1.807) is 24.3 Å². The predicted octanol–water partition coefficient (Wildman–Crippen LogP) is 2.03. The lowest BCUT2D eigenvalue weighted by Gasteiger charge is -2.07. The fourth-order valence-electron chi connectivity index (χ4n) is 1.80. The minimum Gasteiger partial charge on any atom is -0.396 e. The lowest BCUT2D eigenvalue weighted by molar-refractivity contribution is 0.299. The SMILES string of the molecule is CSCCCCCNS(=O)(=O)c1ccc(CCO)cc1. The molecule has 0 aliphatic heterocycles. The molecule has 0 saturated heterocycles. The molecular formula is C14H23NO3S2. The number of hydrogen-bond donors (Lipinski definition) is 2. The Morgan fingerprint density at radius 3 is 2.45 bits per heavy atom. The molecule has 0 saturated carbocycles. The van der Waals surface area contributed by atoms with Crippen molar-refractivity contribution in [2.45, 2.75) is 30.6 Å². The van der Waals surface area contributed by atoms with Gasteiger partial charge < -0.3 is 5.11 Å². The normalized spacial score (nSPS) is 11.7. The average molecular weight is 317 g/mol. The highest BCUT2D eigenvalue weighted by molar-refractivity contribution is 7.98. The summed E-state index contributed by atoms with van der Waals surface area (Å²) in [4.78, 5) is 0.281. The summed E-state index contributed by atoms with van der Waals surface area (Å²) in [5.74, 6) is 1.12. The van der Waals surface area contributed by atoms with Crippen LogP contribution in [0.4, 0.5) is 0 Å². The number of sulfonamides is 1. The van der Waals surface area contributed by atoms with E-state index in [1.165, 1.54) is 0 Å². The zero-order chi connectivity index (χ0) is 14.8. The first-order valence-electron chi connectivity index (χ1n) is 6.78. The van der Waals surface area contributed by atoms with Gasteiger partial charge >= 0.3 is 0 Å². The molecule has 2 N–H and O–H groups in total. The van der Waals surface area contributed by atoms with Gasteiger partial charge in [-0.15, -0.1) is 0 Å². The summed E-state index contributed by atoms with van der Waals surface area (Å²) in [7, 11) is -3.40. The molecule has 0 heterocycles. The highest BCUT2D eigenvalue weighted by Gasteiger charge is 2.12. The third-order valence-electron chi connectivity index (χ3n) is 2.95. The first kappa shape index (κ1) is 17.5. The summed E-state index contributed by atoms with van der Waals surface area (Å²) in [5.41, 5.74) is 0.934. The molecule has 1 rings (SSSR count). The third kappa shape index (κ3) is 6.26. The van der Waals surface area contributed by atoms with Crippen LogP contribution in [0.25, 0.3) is 0 Å². The van der Waals surface area contributed by atoms with Gasteiger partial charge in [-0.25, -0.2) is 13.1 Å². The number of thioether (sulfide) groups is 1. The van der Waals surface area contributed by atoms with Crippen LogP contribution in [-0.4, -0.2) is 38.7 Å². The molecule has 1 aromatic rings. The van der Waals surface area contributed by atoms with Gasteiger partial charge in [-0.05, 0) is 49.0 Å². The van der Waals surface area contributed by atoms with Crippen LogP contribution in [0.2, 0.25) is 0 Å². The molecule has 6 heteroatoms. The molecule has 20 heavy (non-hydrogen) atoms. The van der Waals surface area contributed by atoms with Crippen LogP contribution in [0.15, 0.2) is 29.2 Å². The molecule has 0 aromatic heterocycles. The second-order valence-corrected chi connectivity index (χ2v) is 7.32. The Labute approximate surface area is 126 Å². The second-order valence-electron chi connectivity index (χ2n) is 4.57. The van der Waals surface area contributed by atoms with Crippen LogP contribution in [0.1, 0.15) is 24.8 Å². The number of aliphatic hydroxyl groups is 1. The molecule has 114 valence electrons. The maximum absolute atomic E-state index is 12.0. The van der Waals surface area contributed by atoms with E-state index < -0.39 is 10.0 Å². The van der Waals surface area contributed by atoms with Crippen molar-refractivity contribution in [3.63, 3.8) is 0 Å². The minimum absolute atomic E-state index is 0.0698. The fraction of sp³-hybridized carbons (Fsp3) is 0.571. The monoisotopic (exact) mass is 317 g/mol. The summed E-state index contributed by atoms with van der Waals surface area (Å²) in [5, 5.41) is 8.82. The topological polar surface area (TPSA) is 66.4 Å². The summed E-state index contributed by atoms with van der Waals surface area (Å²) in [6.07, 6.45) is 5.65. The van der Waals surface area contributed by atoms with Gasteiger partial charge in [0.2, 0.25) is 10.0 Å². The number of unbranched alkanes of at least 4 members (excludes halogenated alkanes) is 2. The first-order chi connectivity index (χ1) is 9.60. The second kappa shape index (κ2) is 9.39. The first-order valence-corrected chi connectivity index (χ1v) is 9.66. The summed E-state index contributed by atoms with van der Waals surface area (Å²) < 4.78 is 26.7. The van der Waals surface area contributed by atoms with E-state index in [2.05, 4.69) is 11.0 Å². The molecule has 0 bridgehead atoms. The zero-order valence-electron chi connectivity index (χ0n) is 11.8. The van der Waals surface area contributed by atoms with E-state index in [-0.39, 0.29) is 11.5 Å². The summed E-state index contributed by atoms with van der Waals surface area (Å²) >= 11 is 1.81. The molecule has 0 fully saturated rings. The third-order valence-corrected chi connectivity index (χ3v) is 5.13. The van der Waals surface area contributed by atoms with Crippen LogP contribution >= 0.6 is 11.8 Å². The molecule has 0 amide bonds. The Bertz CT molecular complexity index is 472. The van der Waals surface area contributed by atoms with Crippen LogP contribution in [0, 0.1) is 0 Å². The lowest BCUT2D eigenvalue weighted by Crippen LogP contribution is -2.24. The van der Waals surface area contributed by atoms with Crippen molar-refractivity contribution < 1.29 is 13.5 Å². The van der Waals surface area contributed by atoms with Crippen molar-refractivity contribution in [1.29, 1.82) is 0 Å². The number of aliphatic hydroxyl groups excluding tert-OH is 1.